The Morgan fingerprint density at radius 2 is 2.53 bits per heavy atom. The Morgan fingerprint density at radius 3 is 3.12 bits per heavy atom. The molecular weight excluding hydrogens is 234 g/mol. The number of aromatic nitrogens is 1. The van der Waals surface area contributed by atoms with E-state index in [1.165, 1.54) is 12.8 Å². The van der Waals surface area contributed by atoms with Crippen LogP contribution in [0.3, 0.4) is 0 Å². The van der Waals surface area contributed by atoms with Gasteiger partial charge >= 0.3 is 0 Å². The van der Waals surface area contributed by atoms with Crippen LogP contribution in [0.1, 0.15) is 23.5 Å². The van der Waals surface area contributed by atoms with Gasteiger partial charge in [0.25, 0.3) is 0 Å². The number of thiazole rings is 1. The number of hydrogen-bond donors (Lipinski definition) is 2. The third kappa shape index (κ3) is 4.03. The summed E-state index contributed by atoms with van der Waals surface area (Å²) in [6.45, 7) is 5.98. The lowest BCUT2D eigenvalue weighted by Crippen LogP contribution is -2.38. The fraction of sp³-hybridized carbons (Fsp3) is 0.750. The fourth-order valence-corrected chi connectivity index (χ4v) is 3.08. The molecule has 1 aromatic heterocycles. The van der Waals surface area contributed by atoms with Gasteiger partial charge in [0.15, 0.2) is 0 Å². The quantitative estimate of drug-likeness (QED) is 0.796. The number of nitrogens with zero attached hydrogens (tertiary/aromatic N) is 2. The van der Waals surface area contributed by atoms with Crippen LogP contribution < -0.4 is 5.32 Å². The Morgan fingerprint density at radius 1 is 1.65 bits per heavy atom. The van der Waals surface area contributed by atoms with Gasteiger partial charge in [-0.15, -0.1) is 11.3 Å². The molecule has 4 nitrogen and oxygen atoms in total. The highest BCUT2D eigenvalue weighted by Gasteiger charge is 2.18. The normalized spacial score (nSPS) is 20.3. The molecule has 0 aliphatic carbocycles. The van der Waals surface area contributed by atoms with Crippen molar-refractivity contribution in [3.05, 3.63) is 16.1 Å². The van der Waals surface area contributed by atoms with Gasteiger partial charge in [0.05, 0.1) is 13.2 Å². The molecule has 0 spiro atoms. The molecule has 1 saturated heterocycles. The van der Waals surface area contributed by atoms with Crippen molar-refractivity contribution in [2.24, 2.45) is 0 Å². The number of aliphatic hydroxyl groups is 1. The molecule has 2 rings (SSSR count). The smallest absolute Gasteiger partial charge is 0.107 e. The van der Waals surface area contributed by atoms with E-state index in [0.29, 0.717) is 6.04 Å². The van der Waals surface area contributed by atoms with Gasteiger partial charge in [0, 0.05) is 30.2 Å². The molecule has 1 aromatic rings. The Hall–Kier alpha value is -0.490. The largest absolute Gasteiger partial charge is 0.395 e. The maximum absolute atomic E-state index is 9.11. The van der Waals surface area contributed by atoms with Crippen LogP contribution in [-0.2, 0) is 6.54 Å². The highest BCUT2D eigenvalue weighted by Crippen LogP contribution is 2.13. The minimum atomic E-state index is 0.219. The van der Waals surface area contributed by atoms with E-state index in [-0.39, 0.29) is 6.61 Å². The Balaban J connectivity index is 1.87. The topological polar surface area (TPSA) is 48.4 Å². The van der Waals surface area contributed by atoms with E-state index in [4.69, 9.17) is 5.11 Å². The lowest BCUT2D eigenvalue weighted by atomic mass is 10.2. The van der Waals surface area contributed by atoms with Gasteiger partial charge in [-0.3, -0.25) is 4.90 Å². The minimum Gasteiger partial charge on any atom is -0.395 e. The molecule has 0 aromatic carbocycles. The summed E-state index contributed by atoms with van der Waals surface area (Å²) in [6, 6.07) is 0.586. The number of aliphatic hydroxyl groups excluding tert-OH is 1. The maximum atomic E-state index is 9.11. The van der Waals surface area contributed by atoms with Crippen molar-refractivity contribution in [3.63, 3.8) is 0 Å². The van der Waals surface area contributed by atoms with Crippen LogP contribution >= 0.6 is 11.3 Å². The summed E-state index contributed by atoms with van der Waals surface area (Å²) in [6.07, 6.45) is 2.52. The summed E-state index contributed by atoms with van der Waals surface area (Å²) < 4.78 is 0. The molecule has 0 radical (unpaired) electrons. The molecule has 2 N–H and O–H groups in total. The maximum Gasteiger partial charge on any atom is 0.107 e. The van der Waals surface area contributed by atoms with Crippen molar-refractivity contribution in [3.8, 4) is 0 Å². The Kier molecular flexibility index (Phi) is 4.91. The van der Waals surface area contributed by atoms with E-state index in [2.05, 4.69) is 20.6 Å². The summed E-state index contributed by atoms with van der Waals surface area (Å²) in [7, 11) is 0. The third-order valence-electron chi connectivity index (χ3n) is 3.08. The second kappa shape index (κ2) is 6.44. The summed E-state index contributed by atoms with van der Waals surface area (Å²) >= 11 is 1.71. The molecule has 17 heavy (non-hydrogen) atoms. The zero-order valence-electron chi connectivity index (χ0n) is 10.4. The van der Waals surface area contributed by atoms with Crippen molar-refractivity contribution in [2.45, 2.75) is 32.4 Å². The van der Waals surface area contributed by atoms with Crippen molar-refractivity contribution < 1.29 is 5.11 Å². The molecule has 0 amide bonds. The van der Waals surface area contributed by atoms with E-state index in [1.54, 1.807) is 11.3 Å². The van der Waals surface area contributed by atoms with E-state index in [0.717, 1.165) is 36.9 Å². The number of hydrogen-bond acceptors (Lipinski definition) is 5. The standard InChI is InChI=1S/C12H21N3OS/c1-10-9-17-12(14-10)8-15(5-6-16)7-11-3-2-4-13-11/h9,11,13,16H,2-8H2,1H3. The van der Waals surface area contributed by atoms with Crippen LogP contribution in [-0.4, -0.2) is 47.3 Å². The molecule has 5 heteroatoms. The summed E-state index contributed by atoms with van der Waals surface area (Å²) in [4.78, 5) is 6.78. The molecule has 0 bridgehead atoms. The molecule has 1 unspecified atom stereocenters. The van der Waals surface area contributed by atoms with Crippen molar-refractivity contribution in [1.29, 1.82) is 0 Å². The Labute approximate surface area is 107 Å². The lowest BCUT2D eigenvalue weighted by Gasteiger charge is -2.23. The first kappa shape index (κ1) is 13.0. The van der Waals surface area contributed by atoms with Gasteiger partial charge < -0.3 is 10.4 Å². The highest BCUT2D eigenvalue weighted by molar-refractivity contribution is 7.09. The van der Waals surface area contributed by atoms with Crippen LogP contribution in [0.5, 0.6) is 0 Å². The molecule has 0 saturated carbocycles. The molecule has 2 heterocycles. The zero-order chi connectivity index (χ0) is 12.1. The predicted octanol–water partition coefficient (Wildman–Crippen LogP) is 0.998. The van der Waals surface area contributed by atoms with Crippen LogP contribution in [0.25, 0.3) is 0 Å². The van der Waals surface area contributed by atoms with Gasteiger partial charge in [-0.1, -0.05) is 0 Å². The Bertz CT molecular complexity index is 336. The third-order valence-corrected chi connectivity index (χ3v) is 4.03. The molecule has 1 aliphatic heterocycles. The second-order valence-electron chi connectivity index (χ2n) is 4.63. The average molecular weight is 255 g/mol. The van der Waals surface area contributed by atoms with Crippen molar-refractivity contribution >= 4 is 11.3 Å². The molecule has 96 valence electrons. The van der Waals surface area contributed by atoms with Crippen LogP contribution in [0.4, 0.5) is 0 Å². The highest BCUT2D eigenvalue weighted by atomic mass is 32.1. The van der Waals surface area contributed by atoms with Gasteiger partial charge in [-0.05, 0) is 26.3 Å². The van der Waals surface area contributed by atoms with Gasteiger partial charge in [0.2, 0.25) is 0 Å². The summed E-state index contributed by atoms with van der Waals surface area (Å²) in [5, 5.41) is 15.8. The van der Waals surface area contributed by atoms with Crippen LogP contribution in [0.2, 0.25) is 0 Å². The molecule has 1 atom stereocenters. The molecule has 1 fully saturated rings. The summed E-state index contributed by atoms with van der Waals surface area (Å²) in [5.74, 6) is 0. The van der Waals surface area contributed by atoms with Crippen LogP contribution in [0, 0.1) is 6.92 Å². The zero-order valence-corrected chi connectivity index (χ0v) is 11.2. The first-order chi connectivity index (χ1) is 8.28. The van der Waals surface area contributed by atoms with Crippen LogP contribution in [0.15, 0.2) is 5.38 Å². The van der Waals surface area contributed by atoms with E-state index in [9.17, 15) is 0 Å². The number of aryl methyl sites for hydroxylation is 1. The van der Waals surface area contributed by atoms with E-state index >= 15 is 0 Å². The minimum absolute atomic E-state index is 0.219. The van der Waals surface area contributed by atoms with E-state index < -0.39 is 0 Å². The SMILES string of the molecule is Cc1csc(CN(CCO)CC2CCCN2)n1. The first-order valence-corrected chi connectivity index (χ1v) is 7.13. The second-order valence-corrected chi connectivity index (χ2v) is 5.58. The van der Waals surface area contributed by atoms with Crippen molar-refractivity contribution in [1.82, 2.24) is 15.2 Å². The number of rotatable bonds is 6. The lowest BCUT2D eigenvalue weighted by molar-refractivity contribution is 0.179. The first-order valence-electron chi connectivity index (χ1n) is 6.25. The van der Waals surface area contributed by atoms with E-state index in [1.807, 2.05) is 6.92 Å². The predicted molar refractivity (Wildman–Crippen MR) is 70.2 cm³/mol. The van der Waals surface area contributed by atoms with Crippen molar-refractivity contribution in [2.75, 3.05) is 26.2 Å². The van der Waals surface area contributed by atoms with Gasteiger partial charge in [-0.2, -0.15) is 0 Å². The number of nitrogens with one attached hydrogen (secondary N) is 1. The van der Waals surface area contributed by atoms with Gasteiger partial charge in [-0.25, -0.2) is 4.98 Å². The summed E-state index contributed by atoms with van der Waals surface area (Å²) in [5.41, 5.74) is 1.09. The molecular formula is C12H21N3OS. The molecule has 1 aliphatic rings. The monoisotopic (exact) mass is 255 g/mol. The average Bonchev–Trinajstić information content (AvgIpc) is 2.91. The van der Waals surface area contributed by atoms with Gasteiger partial charge in [0.1, 0.15) is 5.01 Å². The fourth-order valence-electron chi connectivity index (χ4n) is 2.27.